The van der Waals surface area contributed by atoms with E-state index in [0.717, 1.165) is 11.4 Å². The van der Waals surface area contributed by atoms with Gasteiger partial charge < -0.3 is 10.1 Å². The minimum Gasteiger partial charge on any atom is -0.497 e. The summed E-state index contributed by atoms with van der Waals surface area (Å²) in [6.45, 7) is 1.93. The fourth-order valence-corrected chi connectivity index (χ4v) is 1.84. The summed E-state index contributed by atoms with van der Waals surface area (Å²) in [6, 6.07) is 14.3. The van der Waals surface area contributed by atoms with E-state index in [1.807, 2.05) is 37.3 Å². The van der Waals surface area contributed by atoms with Crippen LogP contribution in [0.3, 0.4) is 0 Å². The molecule has 2 rings (SSSR count). The number of ether oxygens (including phenoxy) is 1. The third-order valence-corrected chi connectivity index (χ3v) is 2.84. The van der Waals surface area contributed by atoms with Crippen molar-refractivity contribution in [3.63, 3.8) is 0 Å². The number of benzene rings is 2. The van der Waals surface area contributed by atoms with Crippen molar-refractivity contribution in [2.75, 3.05) is 12.4 Å². The zero-order valence-electron chi connectivity index (χ0n) is 10.5. The number of nitrogens with one attached hydrogen (secondary N) is 1. The van der Waals surface area contributed by atoms with Gasteiger partial charge in [0.2, 0.25) is 0 Å². The van der Waals surface area contributed by atoms with Gasteiger partial charge in [-0.15, -0.1) is 0 Å². The summed E-state index contributed by atoms with van der Waals surface area (Å²) in [7, 11) is 1.63. The molecule has 1 N–H and O–H groups in total. The monoisotopic (exact) mass is 245 g/mol. The SMILES string of the molecule is COc1ccc(N[C@H](C)c2ccccc2F)cc1. The van der Waals surface area contributed by atoms with Crippen molar-refractivity contribution in [3.05, 3.63) is 59.9 Å². The van der Waals surface area contributed by atoms with Gasteiger partial charge in [-0.1, -0.05) is 18.2 Å². The fraction of sp³-hybridized carbons (Fsp3) is 0.200. The summed E-state index contributed by atoms with van der Waals surface area (Å²) in [5.41, 5.74) is 1.60. The van der Waals surface area contributed by atoms with Crippen molar-refractivity contribution in [2.45, 2.75) is 13.0 Å². The maximum atomic E-state index is 13.6. The Morgan fingerprint density at radius 1 is 1.06 bits per heavy atom. The van der Waals surface area contributed by atoms with Crippen molar-refractivity contribution in [1.29, 1.82) is 0 Å². The van der Waals surface area contributed by atoms with Gasteiger partial charge in [0.15, 0.2) is 0 Å². The molecule has 2 aromatic carbocycles. The molecule has 0 aliphatic heterocycles. The molecule has 0 saturated heterocycles. The van der Waals surface area contributed by atoms with Gasteiger partial charge >= 0.3 is 0 Å². The first-order chi connectivity index (χ1) is 8.70. The molecule has 2 nitrogen and oxygen atoms in total. The highest BCUT2D eigenvalue weighted by molar-refractivity contribution is 5.48. The van der Waals surface area contributed by atoms with Gasteiger partial charge in [0.25, 0.3) is 0 Å². The highest BCUT2D eigenvalue weighted by atomic mass is 19.1. The van der Waals surface area contributed by atoms with Crippen LogP contribution in [0.25, 0.3) is 0 Å². The first-order valence-electron chi connectivity index (χ1n) is 5.85. The van der Waals surface area contributed by atoms with Gasteiger partial charge in [0.1, 0.15) is 11.6 Å². The van der Waals surface area contributed by atoms with Crippen molar-refractivity contribution in [3.8, 4) is 5.75 Å². The molecular weight excluding hydrogens is 229 g/mol. The van der Waals surface area contributed by atoms with E-state index in [2.05, 4.69) is 5.32 Å². The van der Waals surface area contributed by atoms with Crippen LogP contribution in [-0.4, -0.2) is 7.11 Å². The number of halogens is 1. The molecule has 0 unspecified atom stereocenters. The second-order valence-corrected chi connectivity index (χ2v) is 4.12. The molecule has 0 spiro atoms. The molecule has 0 radical (unpaired) electrons. The lowest BCUT2D eigenvalue weighted by atomic mass is 10.1. The number of hydrogen-bond donors (Lipinski definition) is 1. The maximum absolute atomic E-state index is 13.6. The van der Waals surface area contributed by atoms with Crippen LogP contribution < -0.4 is 10.1 Å². The van der Waals surface area contributed by atoms with Crippen LogP contribution in [0.5, 0.6) is 5.75 Å². The normalized spacial score (nSPS) is 11.9. The summed E-state index contributed by atoms with van der Waals surface area (Å²) >= 11 is 0. The van der Waals surface area contributed by atoms with Gasteiger partial charge in [-0.2, -0.15) is 0 Å². The van der Waals surface area contributed by atoms with Gasteiger partial charge in [-0.05, 0) is 37.3 Å². The maximum Gasteiger partial charge on any atom is 0.128 e. The number of hydrogen-bond acceptors (Lipinski definition) is 2. The Bertz CT molecular complexity index is 510. The lowest BCUT2D eigenvalue weighted by Crippen LogP contribution is -2.08. The van der Waals surface area contributed by atoms with E-state index in [1.165, 1.54) is 6.07 Å². The Balaban J connectivity index is 2.11. The molecule has 94 valence electrons. The summed E-state index contributed by atoms with van der Waals surface area (Å²) in [4.78, 5) is 0. The minimum atomic E-state index is -0.189. The predicted octanol–water partition coefficient (Wildman–Crippen LogP) is 4.01. The molecule has 0 amide bonds. The summed E-state index contributed by atoms with van der Waals surface area (Å²) in [6.07, 6.45) is 0. The van der Waals surface area contributed by atoms with E-state index in [0.29, 0.717) is 5.56 Å². The Morgan fingerprint density at radius 3 is 2.33 bits per heavy atom. The Kier molecular flexibility index (Phi) is 3.82. The van der Waals surface area contributed by atoms with Crippen LogP contribution in [0.4, 0.5) is 10.1 Å². The molecular formula is C15H16FNO. The average molecular weight is 245 g/mol. The van der Waals surface area contributed by atoms with E-state index in [1.54, 1.807) is 19.2 Å². The highest BCUT2D eigenvalue weighted by Crippen LogP contribution is 2.22. The molecule has 0 heterocycles. The van der Waals surface area contributed by atoms with Crippen LogP contribution in [0.15, 0.2) is 48.5 Å². The average Bonchev–Trinajstić information content (AvgIpc) is 2.40. The molecule has 18 heavy (non-hydrogen) atoms. The smallest absolute Gasteiger partial charge is 0.128 e. The first-order valence-corrected chi connectivity index (χ1v) is 5.85. The van der Waals surface area contributed by atoms with Crippen LogP contribution in [0, 0.1) is 5.82 Å². The standard InChI is InChI=1S/C15H16FNO/c1-11(14-5-3-4-6-15(14)16)17-12-7-9-13(18-2)10-8-12/h3-11,17H,1-2H3/t11-/m1/s1. The minimum absolute atomic E-state index is 0.0837. The summed E-state index contributed by atoms with van der Waals surface area (Å²) in [5, 5.41) is 3.25. The number of methoxy groups -OCH3 is 1. The summed E-state index contributed by atoms with van der Waals surface area (Å²) < 4.78 is 18.7. The molecule has 0 saturated carbocycles. The third kappa shape index (κ3) is 2.80. The zero-order chi connectivity index (χ0) is 13.0. The van der Waals surface area contributed by atoms with Crippen molar-refractivity contribution >= 4 is 5.69 Å². The Labute approximate surface area is 106 Å². The van der Waals surface area contributed by atoms with Crippen LogP contribution in [-0.2, 0) is 0 Å². The van der Waals surface area contributed by atoms with E-state index in [4.69, 9.17) is 4.74 Å². The van der Waals surface area contributed by atoms with E-state index in [-0.39, 0.29) is 11.9 Å². The van der Waals surface area contributed by atoms with Gasteiger partial charge in [0, 0.05) is 11.3 Å². The third-order valence-electron chi connectivity index (χ3n) is 2.84. The lowest BCUT2D eigenvalue weighted by molar-refractivity contribution is 0.415. The lowest BCUT2D eigenvalue weighted by Gasteiger charge is -2.16. The molecule has 0 aliphatic rings. The first kappa shape index (κ1) is 12.4. The molecule has 0 aliphatic carbocycles. The molecule has 0 fully saturated rings. The van der Waals surface area contributed by atoms with E-state index in [9.17, 15) is 4.39 Å². The van der Waals surface area contributed by atoms with Gasteiger partial charge in [-0.25, -0.2) is 4.39 Å². The Hall–Kier alpha value is -2.03. The number of rotatable bonds is 4. The molecule has 0 bridgehead atoms. The van der Waals surface area contributed by atoms with E-state index >= 15 is 0 Å². The quantitative estimate of drug-likeness (QED) is 0.878. The highest BCUT2D eigenvalue weighted by Gasteiger charge is 2.09. The van der Waals surface area contributed by atoms with Crippen LogP contribution in [0.2, 0.25) is 0 Å². The predicted molar refractivity (Wildman–Crippen MR) is 71.4 cm³/mol. The second-order valence-electron chi connectivity index (χ2n) is 4.12. The van der Waals surface area contributed by atoms with Crippen LogP contribution in [0.1, 0.15) is 18.5 Å². The van der Waals surface area contributed by atoms with Crippen molar-refractivity contribution in [1.82, 2.24) is 0 Å². The number of anilines is 1. The fourth-order valence-electron chi connectivity index (χ4n) is 1.84. The molecule has 3 heteroatoms. The van der Waals surface area contributed by atoms with Gasteiger partial charge in [0.05, 0.1) is 13.2 Å². The van der Waals surface area contributed by atoms with Gasteiger partial charge in [-0.3, -0.25) is 0 Å². The second kappa shape index (κ2) is 5.54. The van der Waals surface area contributed by atoms with Crippen molar-refractivity contribution in [2.24, 2.45) is 0 Å². The molecule has 0 aromatic heterocycles. The van der Waals surface area contributed by atoms with Crippen LogP contribution >= 0.6 is 0 Å². The Morgan fingerprint density at radius 2 is 1.72 bits per heavy atom. The largest absolute Gasteiger partial charge is 0.497 e. The van der Waals surface area contributed by atoms with Crippen molar-refractivity contribution < 1.29 is 9.13 Å². The summed E-state index contributed by atoms with van der Waals surface area (Å²) in [5.74, 6) is 0.616. The zero-order valence-corrected chi connectivity index (χ0v) is 10.5. The topological polar surface area (TPSA) is 21.3 Å². The van der Waals surface area contributed by atoms with E-state index < -0.39 is 0 Å². The molecule has 2 aromatic rings. The molecule has 1 atom stereocenters.